The maximum Gasteiger partial charge on any atom is 0.314 e. The molecule has 0 unspecified atom stereocenters. The first kappa shape index (κ1) is 16.5. The number of carbonyl (C=O) groups is 1. The fraction of sp³-hybridized carbons (Fsp3) is 0.444. The van der Waals surface area contributed by atoms with Crippen molar-refractivity contribution >= 4 is 6.03 Å². The quantitative estimate of drug-likeness (QED) is 0.759. The van der Waals surface area contributed by atoms with E-state index >= 15 is 0 Å². The van der Waals surface area contributed by atoms with Gasteiger partial charge in [0.25, 0.3) is 0 Å². The van der Waals surface area contributed by atoms with Crippen LogP contribution in [0.2, 0.25) is 0 Å². The van der Waals surface area contributed by atoms with Crippen LogP contribution in [0.3, 0.4) is 0 Å². The van der Waals surface area contributed by atoms with E-state index in [1.807, 2.05) is 47.4 Å². The van der Waals surface area contributed by atoms with Gasteiger partial charge in [0.1, 0.15) is 0 Å². The van der Waals surface area contributed by atoms with Gasteiger partial charge in [-0.1, -0.05) is 31.0 Å². The summed E-state index contributed by atoms with van der Waals surface area (Å²) in [5.41, 5.74) is 1.36. The topological polar surface area (TPSA) is 79.2 Å². The maximum atomic E-state index is 11.8. The lowest BCUT2D eigenvalue weighted by Gasteiger charge is -2.22. The summed E-state index contributed by atoms with van der Waals surface area (Å²) in [6, 6.07) is 9.68. The molecule has 0 aliphatic heterocycles. The van der Waals surface area contributed by atoms with Crippen LogP contribution in [-0.2, 0) is 6.42 Å². The Labute approximate surface area is 141 Å². The van der Waals surface area contributed by atoms with Gasteiger partial charge in [0.05, 0.1) is 17.5 Å². The number of rotatable bonds is 6. The van der Waals surface area contributed by atoms with Crippen molar-refractivity contribution in [1.82, 2.24) is 20.4 Å². The molecule has 2 aromatic rings. The van der Waals surface area contributed by atoms with Gasteiger partial charge in [-0.2, -0.15) is 5.10 Å². The van der Waals surface area contributed by atoms with Crippen LogP contribution in [0.5, 0.6) is 0 Å². The van der Waals surface area contributed by atoms with Gasteiger partial charge in [-0.3, -0.25) is 0 Å². The molecule has 3 rings (SSSR count). The normalized spacial score (nSPS) is 16.0. The molecule has 1 aromatic carbocycles. The molecular formula is C18H24N4O2. The second-order valence-electron chi connectivity index (χ2n) is 6.42. The van der Waals surface area contributed by atoms with E-state index in [4.69, 9.17) is 0 Å². The van der Waals surface area contributed by atoms with Gasteiger partial charge in [0.2, 0.25) is 0 Å². The third kappa shape index (κ3) is 4.35. The van der Waals surface area contributed by atoms with Gasteiger partial charge in [-0.25, -0.2) is 9.48 Å². The molecule has 1 saturated carbocycles. The largest absolute Gasteiger partial charge is 0.388 e. The predicted octanol–water partition coefficient (Wildman–Crippen LogP) is 2.02. The van der Waals surface area contributed by atoms with Gasteiger partial charge in [-0.05, 0) is 37.0 Å². The maximum absolute atomic E-state index is 11.8. The molecule has 24 heavy (non-hydrogen) atoms. The zero-order valence-electron chi connectivity index (χ0n) is 13.7. The van der Waals surface area contributed by atoms with Crippen LogP contribution in [0.25, 0.3) is 5.69 Å². The first-order valence-electron chi connectivity index (χ1n) is 8.48. The Morgan fingerprint density at radius 3 is 2.71 bits per heavy atom. The van der Waals surface area contributed by atoms with Crippen molar-refractivity contribution in [3.8, 4) is 5.69 Å². The van der Waals surface area contributed by atoms with Crippen LogP contribution in [0, 0.1) is 0 Å². The Hall–Kier alpha value is -2.34. The van der Waals surface area contributed by atoms with Crippen LogP contribution in [0.1, 0.15) is 31.2 Å². The van der Waals surface area contributed by atoms with Crippen molar-refractivity contribution in [3.63, 3.8) is 0 Å². The zero-order valence-corrected chi connectivity index (χ0v) is 13.7. The van der Waals surface area contributed by atoms with Crippen LogP contribution in [0.15, 0.2) is 42.7 Å². The first-order chi connectivity index (χ1) is 11.6. The SMILES string of the molecule is O=C(NCCc1cnn(-c2ccccc2)c1)NCC1(O)CCCC1. The monoisotopic (exact) mass is 328 g/mol. The third-order valence-corrected chi connectivity index (χ3v) is 4.47. The number of para-hydroxylation sites is 1. The van der Waals surface area contributed by atoms with Gasteiger partial charge < -0.3 is 15.7 Å². The van der Waals surface area contributed by atoms with Gasteiger partial charge in [0.15, 0.2) is 0 Å². The van der Waals surface area contributed by atoms with Gasteiger partial charge >= 0.3 is 6.03 Å². The minimum Gasteiger partial charge on any atom is -0.388 e. The van der Waals surface area contributed by atoms with Crippen molar-refractivity contribution < 1.29 is 9.90 Å². The summed E-state index contributed by atoms with van der Waals surface area (Å²) < 4.78 is 1.82. The summed E-state index contributed by atoms with van der Waals surface area (Å²) in [6.45, 7) is 0.857. The number of nitrogens with zero attached hydrogens (tertiary/aromatic N) is 2. The van der Waals surface area contributed by atoms with Crippen molar-refractivity contribution in [2.75, 3.05) is 13.1 Å². The van der Waals surface area contributed by atoms with E-state index < -0.39 is 5.60 Å². The van der Waals surface area contributed by atoms with Gasteiger partial charge in [-0.15, -0.1) is 0 Å². The second-order valence-corrected chi connectivity index (χ2v) is 6.42. The molecular weight excluding hydrogens is 304 g/mol. The number of hydrogen-bond donors (Lipinski definition) is 3. The van der Waals surface area contributed by atoms with E-state index in [-0.39, 0.29) is 6.03 Å². The predicted molar refractivity (Wildman–Crippen MR) is 92.1 cm³/mol. The molecule has 0 radical (unpaired) electrons. The lowest BCUT2D eigenvalue weighted by molar-refractivity contribution is 0.0501. The number of nitrogens with one attached hydrogen (secondary N) is 2. The second kappa shape index (κ2) is 7.49. The third-order valence-electron chi connectivity index (χ3n) is 4.47. The zero-order chi connectivity index (χ0) is 16.8. The molecule has 1 fully saturated rings. The highest BCUT2D eigenvalue weighted by atomic mass is 16.3. The highest BCUT2D eigenvalue weighted by molar-refractivity contribution is 5.73. The number of urea groups is 1. The highest BCUT2D eigenvalue weighted by Gasteiger charge is 2.31. The standard InChI is InChI=1S/C18H24N4O2/c23-17(20-14-18(24)9-4-5-10-18)19-11-8-15-12-21-22(13-15)16-6-2-1-3-7-16/h1-3,6-7,12-13,24H,4-5,8-11,14H2,(H2,19,20,23). The molecule has 1 aromatic heterocycles. The summed E-state index contributed by atoms with van der Waals surface area (Å²) in [4.78, 5) is 11.8. The number of amides is 2. The van der Waals surface area contributed by atoms with Crippen LogP contribution >= 0.6 is 0 Å². The molecule has 3 N–H and O–H groups in total. The average molecular weight is 328 g/mol. The lowest BCUT2D eigenvalue weighted by Crippen LogP contribution is -2.45. The molecule has 0 bridgehead atoms. The summed E-state index contributed by atoms with van der Waals surface area (Å²) in [5, 5.41) is 20.1. The van der Waals surface area contributed by atoms with Crippen molar-refractivity contribution in [2.24, 2.45) is 0 Å². The highest BCUT2D eigenvalue weighted by Crippen LogP contribution is 2.28. The van der Waals surface area contributed by atoms with Crippen molar-refractivity contribution in [3.05, 3.63) is 48.3 Å². The Bertz CT molecular complexity index is 663. The molecule has 0 spiro atoms. The van der Waals surface area contributed by atoms with Crippen molar-refractivity contribution in [2.45, 2.75) is 37.7 Å². The summed E-state index contributed by atoms with van der Waals surface area (Å²) in [5.74, 6) is 0. The summed E-state index contributed by atoms with van der Waals surface area (Å²) in [6.07, 6.45) is 8.10. The molecule has 128 valence electrons. The molecule has 6 nitrogen and oxygen atoms in total. The number of aromatic nitrogens is 2. The van der Waals surface area contributed by atoms with E-state index in [0.717, 1.165) is 36.9 Å². The molecule has 6 heteroatoms. The van der Waals surface area contributed by atoms with Crippen LogP contribution in [0.4, 0.5) is 4.79 Å². The van der Waals surface area contributed by atoms with Gasteiger partial charge in [0, 0.05) is 19.3 Å². The molecule has 2 amide bonds. The van der Waals surface area contributed by atoms with Crippen LogP contribution in [-0.4, -0.2) is 39.6 Å². The van der Waals surface area contributed by atoms with E-state index in [2.05, 4.69) is 15.7 Å². The Morgan fingerprint density at radius 2 is 1.96 bits per heavy atom. The number of hydrogen-bond acceptors (Lipinski definition) is 3. The number of aliphatic hydroxyl groups is 1. The lowest BCUT2D eigenvalue weighted by atomic mass is 10.0. The number of carbonyl (C=O) groups excluding carboxylic acids is 1. The van der Waals surface area contributed by atoms with Crippen LogP contribution < -0.4 is 10.6 Å². The fourth-order valence-corrected chi connectivity index (χ4v) is 3.05. The Balaban J connectivity index is 1.40. The Kier molecular flexibility index (Phi) is 5.15. The summed E-state index contributed by atoms with van der Waals surface area (Å²) >= 11 is 0. The molecule has 1 aliphatic rings. The van der Waals surface area contributed by atoms with Crippen molar-refractivity contribution in [1.29, 1.82) is 0 Å². The van der Waals surface area contributed by atoms with E-state index in [0.29, 0.717) is 19.5 Å². The van der Waals surface area contributed by atoms with E-state index in [1.165, 1.54) is 0 Å². The number of benzene rings is 1. The van der Waals surface area contributed by atoms with E-state index in [1.54, 1.807) is 0 Å². The minimum atomic E-state index is -0.714. The minimum absolute atomic E-state index is 0.231. The smallest absolute Gasteiger partial charge is 0.314 e. The molecule has 0 saturated heterocycles. The molecule has 1 aliphatic carbocycles. The van der Waals surface area contributed by atoms with E-state index in [9.17, 15) is 9.90 Å². The first-order valence-corrected chi connectivity index (χ1v) is 8.48. The molecule has 0 atom stereocenters. The Morgan fingerprint density at radius 1 is 1.21 bits per heavy atom. The summed E-state index contributed by atoms with van der Waals surface area (Å²) in [7, 11) is 0. The average Bonchev–Trinajstić information content (AvgIpc) is 3.24. The fourth-order valence-electron chi connectivity index (χ4n) is 3.05. The molecule has 1 heterocycles.